The van der Waals surface area contributed by atoms with Gasteiger partial charge < -0.3 is 10.2 Å². The molecule has 0 spiro atoms. The van der Waals surface area contributed by atoms with Crippen molar-refractivity contribution in [1.82, 2.24) is 4.72 Å². The fourth-order valence-electron chi connectivity index (χ4n) is 1.94. The van der Waals surface area contributed by atoms with Crippen LogP contribution in [0.2, 0.25) is 0 Å². The molecule has 7 heteroatoms. The van der Waals surface area contributed by atoms with Crippen LogP contribution in [0.15, 0.2) is 23.1 Å². The average molecular weight is 315 g/mol. The van der Waals surface area contributed by atoms with Gasteiger partial charge in [0, 0.05) is 6.54 Å². The Bertz CT molecular complexity index is 620. The van der Waals surface area contributed by atoms with Crippen LogP contribution in [0.4, 0.5) is 0 Å². The lowest BCUT2D eigenvalue weighted by Crippen LogP contribution is -2.42. The summed E-state index contributed by atoms with van der Waals surface area (Å²) in [6.45, 7) is 4.88. The van der Waals surface area contributed by atoms with Gasteiger partial charge in [-0.05, 0) is 37.5 Å². The first-order chi connectivity index (χ1) is 9.67. The van der Waals surface area contributed by atoms with Gasteiger partial charge in [-0.25, -0.2) is 17.9 Å². The van der Waals surface area contributed by atoms with Gasteiger partial charge in [-0.1, -0.05) is 19.9 Å². The summed E-state index contributed by atoms with van der Waals surface area (Å²) in [5.74, 6) is -1.18. The summed E-state index contributed by atoms with van der Waals surface area (Å²) < 4.78 is 26.9. The van der Waals surface area contributed by atoms with Crippen LogP contribution in [0.5, 0.6) is 0 Å². The van der Waals surface area contributed by atoms with E-state index >= 15 is 0 Å². The predicted octanol–water partition coefficient (Wildman–Crippen LogP) is 1.52. The first kappa shape index (κ1) is 17.6. The third-order valence-electron chi connectivity index (χ3n) is 3.71. The standard InChI is InChI=1S/C14H21NO5S/c1-4-14(18,5-2)9-15-21(19,20)12-8-6-7-11(10(12)3)13(16)17/h6-8,15,18H,4-5,9H2,1-3H3,(H,16,17). The van der Waals surface area contributed by atoms with Crippen LogP contribution in [0.1, 0.15) is 42.6 Å². The number of hydrogen-bond acceptors (Lipinski definition) is 4. The predicted molar refractivity (Wildman–Crippen MR) is 78.9 cm³/mol. The highest BCUT2D eigenvalue weighted by molar-refractivity contribution is 7.89. The maximum absolute atomic E-state index is 12.3. The number of carbonyl (C=O) groups is 1. The molecule has 0 bridgehead atoms. The van der Waals surface area contributed by atoms with E-state index in [9.17, 15) is 18.3 Å². The number of nitrogens with one attached hydrogen (secondary N) is 1. The number of aromatic carboxylic acids is 1. The highest BCUT2D eigenvalue weighted by Gasteiger charge is 2.27. The van der Waals surface area contributed by atoms with Crippen LogP contribution in [0.25, 0.3) is 0 Å². The van der Waals surface area contributed by atoms with Gasteiger partial charge in [-0.2, -0.15) is 0 Å². The van der Waals surface area contributed by atoms with Crippen LogP contribution < -0.4 is 4.72 Å². The molecule has 6 nitrogen and oxygen atoms in total. The molecule has 0 aliphatic rings. The van der Waals surface area contributed by atoms with Gasteiger partial charge in [-0.15, -0.1) is 0 Å². The third kappa shape index (κ3) is 4.03. The highest BCUT2D eigenvalue weighted by Crippen LogP contribution is 2.20. The van der Waals surface area contributed by atoms with E-state index < -0.39 is 21.6 Å². The van der Waals surface area contributed by atoms with E-state index in [4.69, 9.17) is 5.11 Å². The lowest BCUT2D eigenvalue weighted by atomic mass is 9.98. The van der Waals surface area contributed by atoms with Gasteiger partial charge in [0.25, 0.3) is 0 Å². The molecule has 0 fully saturated rings. The molecule has 0 radical (unpaired) electrons. The minimum Gasteiger partial charge on any atom is -0.478 e. The lowest BCUT2D eigenvalue weighted by molar-refractivity contribution is 0.0377. The Balaban J connectivity index is 3.10. The van der Waals surface area contributed by atoms with Gasteiger partial charge in [0.05, 0.1) is 16.1 Å². The smallest absolute Gasteiger partial charge is 0.335 e. The average Bonchev–Trinajstić information content (AvgIpc) is 2.44. The molecule has 0 aromatic heterocycles. The van der Waals surface area contributed by atoms with Crippen molar-refractivity contribution in [3.63, 3.8) is 0 Å². The second kappa shape index (κ2) is 6.55. The molecule has 21 heavy (non-hydrogen) atoms. The van der Waals surface area contributed by atoms with Gasteiger partial charge in [-0.3, -0.25) is 0 Å². The molecular formula is C14H21NO5S. The molecule has 0 amide bonds. The maximum Gasteiger partial charge on any atom is 0.335 e. The second-order valence-electron chi connectivity index (χ2n) is 4.99. The molecular weight excluding hydrogens is 294 g/mol. The maximum atomic E-state index is 12.3. The Morgan fingerprint density at radius 3 is 2.33 bits per heavy atom. The van der Waals surface area contributed by atoms with Crippen molar-refractivity contribution in [2.45, 2.75) is 44.1 Å². The van der Waals surface area contributed by atoms with E-state index in [1.54, 1.807) is 13.8 Å². The molecule has 0 saturated heterocycles. The first-order valence-corrected chi connectivity index (χ1v) is 8.20. The molecule has 0 heterocycles. The number of sulfonamides is 1. The van der Waals surface area contributed by atoms with Crippen molar-refractivity contribution in [3.05, 3.63) is 29.3 Å². The molecule has 0 aliphatic carbocycles. The molecule has 1 aromatic rings. The van der Waals surface area contributed by atoms with Crippen molar-refractivity contribution in [1.29, 1.82) is 0 Å². The fraction of sp³-hybridized carbons (Fsp3) is 0.500. The van der Waals surface area contributed by atoms with Crippen LogP contribution >= 0.6 is 0 Å². The van der Waals surface area contributed by atoms with Crippen molar-refractivity contribution < 1.29 is 23.4 Å². The Morgan fingerprint density at radius 1 is 1.29 bits per heavy atom. The van der Waals surface area contributed by atoms with Crippen LogP contribution in [-0.4, -0.2) is 36.7 Å². The van der Waals surface area contributed by atoms with Crippen molar-refractivity contribution in [2.75, 3.05) is 6.54 Å². The number of rotatable bonds is 7. The molecule has 3 N–H and O–H groups in total. The third-order valence-corrected chi connectivity index (χ3v) is 5.26. The minimum atomic E-state index is -3.87. The number of carboxylic acid groups (broad SMARTS) is 1. The SMILES string of the molecule is CCC(O)(CC)CNS(=O)(=O)c1cccc(C(=O)O)c1C. The Kier molecular flexibility index (Phi) is 5.49. The second-order valence-corrected chi connectivity index (χ2v) is 6.73. The van der Waals surface area contributed by atoms with Gasteiger partial charge >= 0.3 is 5.97 Å². The summed E-state index contributed by atoms with van der Waals surface area (Å²) in [6.07, 6.45) is 0.834. The molecule has 0 atom stereocenters. The summed E-state index contributed by atoms with van der Waals surface area (Å²) in [5, 5.41) is 19.2. The molecule has 0 saturated carbocycles. The van der Waals surface area contributed by atoms with Gasteiger partial charge in [0.2, 0.25) is 10.0 Å². The van der Waals surface area contributed by atoms with E-state index in [0.29, 0.717) is 12.8 Å². The zero-order valence-electron chi connectivity index (χ0n) is 12.4. The van der Waals surface area contributed by atoms with Gasteiger partial charge in [0.15, 0.2) is 0 Å². The first-order valence-electron chi connectivity index (χ1n) is 6.72. The molecule has 1 aromatic carbocycles. The summed E-state index contributed by atoms with van der Waals surface area (Å²) in [6, 6.07) is 4.09. The monoisotopic (exact) mass is 315 g/mol. The fourth-order valence-corrected chi connectivity index (χ4v) is 3.33. The Morgan fingerprint density at radius 2 is 1.86 bits per heavy atom. The lowest BCUT2D eigenvalue weighted by Gasteiger charge is -2.25. The van der Waals surface area contributed by atoms with E-state index in [-0.39, 0.29) is 22.6 Å². The van der Waals surface area contributed by atoms with Crippen LogP contribution in [0, 0.1) is 6.92 Å². The minimum absolute atomic E-state index is 0.0564. The van der Waals surface area contributed by atoms with Crippen LogP contribution in [0.3, 0.4) is 0 Å². The van der Waals surface area contributed by atoms with E-state index in [1.165, 1.54) is 25.1 Å². The van der Waals surface area contributed by atoms with Crippen molar-refractivity contribution >= 4 is 16.0 Å². The Labute approximate surface area is 124 Å². The number of hydrogen-bond donors (Lipinski definition) is 3. The zero-order chi connectivity index (χ0) is 16.3. The molecule has 1 rings (SSSR count). The molecule has 118 valence electrons. The largest absolute Gasteiger partial charge is 0.478 e. The Hall–Kier alpha value is -1.44. The number of carboxylic acids is 1. The van der Waals surface area contributed by atoms with Crippen molar-refractivity contribution in [2.24, 2.45) is 0 Å². The number of aliphatic hydroxyl groups is 1. The quantitative estimate of drug-likeness (QED) is 0.708. The van der Waals surface area contributed by atoms with E-state index in [2.05, 4.69) is 4.72 Å². The summed E-state index contributed by atoms with van der Waals surface area (Å²) in [4.78, 5) is 11.0. The van der Waals surface area contributed by atoms with E-state index in [1.807, 2.05) is 0 Å². The van der Waals surface area contributed by atoms with Gasteiger partial charge in [0.1, 0.15) is 0 Å². The normalized spacial score (nSPS) is 12.4. The summed E-state index contributed by atoms with van der Waals surface area (Å²) >= 11 is 0. The number of benzene rings is 1. The van der Waals surface area contributed by atoms with E-state index in [0.717, 1.165) is 0 Å². The van der Waals surface area contributed by atoms with Crippen molar-refractivity contribution in [3.8, 4) is 0 Å². The van der Waals surface area contributed by atoms with Crippen LogP contribution in [-0.2, 0) is 10.0 Å². The summed E-state index contributed by atoms with van der Waals surface area (Å²) in [7, 11) is -3.87. The molecule has 0 aliphatic heterocycles. The highest BCUT2D eigenvalue weighted by atomic mass is 32.2. The zero-order valence-corrected chi connectivity index (χ0v) is 13.2. The molecule has 0 unspecified atom stereocenters. The summed E-state index contributed by atoms with van der Waals surface area (Å²) in [5.41, 5.74) is -0.987. The topological polar surface area (TPSA) is 104 Å².